The third kappa shape index (κ3) is 4.51. The van der Waals surface area contributed by atoms with Crippen LogP contribution in [-0.4, -0.2) is 27.9 Å². The number of hydrogen-bond acceptors (Lipinski definition) is 5. The number of benzene rings is 2. The van der Waals surface area contributed by atoms with Crippen molar-refractivity contribution in [1.82, 2.24) is 14.8 Å². The van der Waals surface area contributed by atoms with E-state index < -0.39 is 0 Å². The van der Waals surface area contributed by atoms with Gasteiger partial charge >= 0.3 is 0 Å². The monoisotopic (exact) mass is 438 g/mol. The van der Waals surface area contributed by atoms with E-state index in [0.717, 1.165) is 41.3 Å². The molecule has 1 saturated heterocycles. The molecule has 0 amide bonds. The Morgan fingerprint density at radius 3 is 2.36 bits per heavy atom. The van der Waals surface area contributed by atoms with E-state index in [2.05, 4.69) is 10.00 Å². The number of piperidine rings is 1. The average molecular weight is 439 g/mol. The smallest absolute Gasteiger partial charge is 0.267 e. The Kier molecular flexibility index (Phi) is 5.89. The van der Waals surface area contributed by atoms with Gasteiger partial charge in [0.25, 0.3) is 5.56 Å². The van der Waals surface area contributed by atoms with Crippen LogP contribution in [0.5, 0.6) is 11.5 Å². The average Bonchev–Trinajstić information content (AvgIpc) is 2.87. The van der Waals surface area contributed by atoms with Gasteiger partial charge in [-0.05, 0) is 55.7 Å². The Labute approximate surface area is 193 Å². The molecule has 6 heteroatoms. The number of para-hydroxylation sites is 2. The largest absolute Gasteiger partial charge is 0.457 e. The van der Waals surface area contributed by atoms with E-state index in [1.54, 1.807) is 13.1 Å². The minimum atomic E-state index is -0.171. The number of aromatic nitrogens is 3. The van der Waals surface area contributed by atoms with Gasteiger partial charge in [0, 0.05) is 49.1 Å². The molecule has 0 bridgehead atoms. The molecule has 33 heavy (non-hydrogen) atoms. The summed E-state index contributed by atoms with van der Waals surface area (Å²) >= 11 is 0. The molecule has 1 aliphatic rings. The third-order valence-corrected chi connectivity index (χ3v) is 5.94. The second kappa shape index (κ2) is 9.28. The molecule has 0 unspecified atom stereocenters. The van der Waals surface area contributed by atoms with Gasteiger partial charge in [-0.2, -0.15) is 5.10 Å². The zero-order valence-corrected chi connectivity index (χ0v) is 18.6. The molecule has 2 aromatic carbocycles. The van der Waals surface area contributed by atoms with Crippen molar-refractivity contribution in [2.24, 2.45) is 7.05 Å². The molecule has 2 aromatic heterocycles. The van der Waals surface area contributed by atoms with Gasteiger partial charge < -0.3 is 9.64 Å². The molecule has 0 saturated carbocycles. The van der Waals surface area contributed by atoms with Crippen molar-refractivity contribution >= 4 is 5.82 Å². The number of nitrogens with zero attached hydrogens (tertiary/aromatic N) is 4. The minimum Gasteiger partial charge on any atom is -0.457 e. The molecule has 3 heterocycles. The van der Waals surface area contributed by atoms with Crippen LogP contribution in [-0.2, 0) is 7.05 Å². The maximum absolute atomic E-state index is 12.5. The van der Waals surface area contributed by atoms with Crippen LogP contribution >= 0.6 is 0 Å². The van der Waals surface area contributed by atoms with Crippen LogP contribution in [0.4, 0.5) is 5.82 Å². The van der Waals surface area contributed by atoms with E-state index in [9.17, 15) is 4.79 Å². The molecule has 0 N–H and O–H groups in total. The summed E-state index contributed by atoms with van der Waals surface area (Å²) in [6, 6.07) is 23.1. The maximum Gasteiger partial charge on any atom is 0.267 e. The van der Waals surface area contributed by atoms with E-state index in [1.165, 1.54) is 23.9 Å². The molecular weight excluding hydrogens is 412 g/mol. The molecule has 5 rings (SSSR count). The first-order valence-electron chi connectivity index (χ1n) is 11.3. The number of ether oxygens (including phenoxy) is 1. The van der Waals surface area contributed by atoms with Gasteiger partial charge in [0.05, 0.1) is 0 Å². The zero-order valence-electron chi connectivity index (χ0n) is 18.6. The van der Waals surface area contributed by atoms with Gasteiger partial charge in [0.15, 0.2) is 0 Å². The molecular formula is C27H26N4O2. The van der Waals surface area contributed by atoms with Crippen LogP contribution in [0.2, 0.25) is 0 Å². The molecule has 6 nitrogen and oxygen atoms in total. The lowest BCUT2D eigenvalue weighted by Crippen LogP contribution is -2.30. The summed E-state index contributed by atoms with van der Waals surface area (Å²) < 4.78 is 7.53. The van der Waals surface area contributed by atoms with E-state index in [4.69, 9.17) is 9.72 Å². The van der Waals surface area contributed by atoms with Gasteiger partial charge in [-0.1, -0.05) is 30.3 Å². The summed E-state index contributed by atoms with van der Waals surface area (Å²) in [6.45, 7) is 2.07. The summed E-state index contributed by atoms with van der Waals surface area (Å²) in [5.41, 5.74) is 2.91. The molecule has 0 spiro atoms. The maximum atomic E-state index is 12.5. The van der Waals surface area contributed by atoms with Crippen LogP contribution in [0.25, 0.3) is 22.4 Å². The lowest BCUT2D eigenvalue weighted by Gasteiger charge is -2.27. The van der Waals surface area contributed by atoms with Gasteiger partial charge in [0.1, 0.15) is 23.0 Å². The number of rotatable bonds is 5. The molecule has 1 fully saturated rings. The Balaban J connectivity index is 1.56. The standard InChI is InChI=1S/C27H26N4O2/c1-30-26(32)18-23(20-14-15-25(28-19-20)31-16-8-3-9-17-31)27(29-30)22-12-6-7-13-24(22)33-21-10-4-2-5-11-21/h2,4-7,10-15,18-19H,3,8-9,16-17H2,1H3. The molecule has 0 radical (unpaired) electrons. The fraction of sp³-hybridized carbons (Fsp3) is 0.222. The minimum absolute atomic E-state index is 0.171. The number of hydrogen-bond donors (Lipinski definition) is 0. The molecule has 0 aliphatic carbocycles. The number of anilines is 1. The highest BCUT2D eigenvalue weighted by Gasteiger charge is 2.18. The lowest BCUT2D eigenvalue weighted by molar-refractivity contribution is 0.484. The molecule has 166 valence electrons. The highest BCUT2D eigenvalue weighted by molar-refractivity contribution is 5.83. The van der Waals surface area contributed by atoms with Gasteiger partial charge in [-0.3, -0.25) is 4.79 Å². The first kappa shape index (κ1) is 20.9. The molecule has 0 atom stereocenters. The van der Waals surface area contributed by atoms with Crippen LogP contribution in [0, 0.1) is 0 Å². The van der Waals surface area contributed by atoms with Crippen LogP contribution in [0.15, 0.2) is 83.8 Å². The first-order chi connectivity index (χ1) is 16.2. The summed E-state index contributed by atoms with van der Waals surface area (Å²) in [5.74, 6) is 2.39. The van der Waals surface area contributed by atoms with Crippen LogP contribution in [0.1, 0.15) is 19.3 Å². The SMILES string of the molecule is Cn1nc(-c2ccccc2Oc2ccccc2)c(-c2ccc(N3CCCCC3)nc2)cc1=O. The number of aryl methyl sites for hydroxylation is 1. The summed E-state index contributed by atoms with van der Waals surface area (Å²) in [4.78, 5) is 19.6. The first-order valence-corrected chi connectivity index (χ1v) is 11.3. The van der Waals surface area contributed by atoms with Crippen molar-refractivity contribution < 1.29 is 4.74 Å². The molecule has 4 aromatic rings. The van der Waals surface area contributed by atoms with E-state index in [-0.39, 0.29) is 5.56 Å². The van der Waals surface area contributed by atoms with Crippen LogP contribution in [0.3, 0.4) is 0 Å². The quantitative estimate of drug-likeness (QED) is 0.424. The Bertz CT molecular complexity index is 1290. The van der Waals surface area contributed by atoms with Crippen molar-refractivity contribution in [2.45, 2.75) is 19.3 Å². The summed E-state index contributed by atoms with van der Waals surface area (Å²) in [7, 11) is 1.66. The lowest BCUT2D eigenvalue weighted by atomic mass is 10.0. The van der Waals surface area contributed by atoms with Gasteiger partial charge in [0.2, 0.25) is 0 Å². The topological polar surface area (TPSA) is 60.2 Å². The Hall–Kier alpha value is -3.93. The Morgan fingerprint density at radius 2 is 1.61 bits per heavy atom. The fourth-order valence-corrected chi connectivity index (χ4v) is 4.18. The second-order valence-electron chi connectivity index (χ2n) is 8.23. The third-order valence-electron chi connectivity index (χ3n) is 5.94. The van der Waals surface area contributed by atoms with E-state index in [0.29, 0.717) is 11.4 Å². The predicted molar refractivity (Wildman–Crippen MR) is 131 cm³/mol. The van der Waals surface area contributed by atoms with Gasteiger partial charge in [-0.25, -0.2) is 9.67 Å². The van der Waals surface area contributed by atoms with Crippen molar-refractivity contribution in [2.75, 3.05) is 18.0 Å². The zero-order chi connectivity index (χ0) is 22.6. The summed E-state index contributed by atoms with van der Waals surface area (Å²) in [5, 5.41) is 4.62. The normalized spacial score (nSPS) is 13.7. The summed E-state index contributed by atoms with van der Waals surface area (Å²) in [6.07, 6.45) is 5.51. The highest BCUT2D eigenvalue weighted by Crippen LogP contribution is 2.37. The van der Waals surface area contributed by atoms with E-state index in [1.807, 2.05) is 72.9 Å². The number of pyridine rings is 1. The second-order valence-corrected chi connectivity index (χ2v) is 8.23. The predicted octanol–water partition coefficient (Wildman–Crippen LogP) is 5.29. The highest BCUT2D eigenvalue weighted by atomic mass is 16.5. The Morgan fingerprint density at radius 1 is 0.848 bits per heavy atom. The molecule has 1 aliphatic heterocycles. The van der Waals surface area contributed by atoms with Crippen molar-refractivity contribution in [3.63, 3.8) is 0 Å². The van der Waals surface area contributed by atoms with Crippen LogP contribution < -0.4 is 15.2 Å². The van der Waals surface area contributed by atoms with Crippen molar-refractivity contribution in [3.05, 3.63) is 89.3 Å². The van der Waals surface area contributed by atoms with Crippen molar-refractivity contribution in [1.29, 1.82) is 0 Å². The van der Waals surface area contributed by atoms with Crippen molar-refractivity contribution in [3.8, 4) is 33.9 Å². The van der Waals surface area contributed by atoms with E-state index >= 15 is 0 Å². The van der Waals surface area contributed by atoms with Gasteiger partial charge in [-0.15, -0.1) is 0 Å². The fourth-order valence-electron chi connectivity index (χ4n) is 4.18.